The summed E-state index contributed by atoms with van der Waals surface area (Å²) in [6.45, 7) is 2.65. The molecule has 2 aliphatic rings. The van der Waals surface area contributed by atoms with Gasteiger partial charge in [0.25, 0.3) is 15.6 Å². The highest BCUT2D eigenvalue weighted by Crippen LogP contribution is 2.30. The van der Waals surface area contributed by atoms with Crippen molar-refractivity contribution in [3.8, 4) is 0 Å². The Morgan fingerprint density at radius 2 is 1.93 bits per heavy atom. The quantitative estimate of drug-likeness (QED) is 0.669. The maximum Gasteiger partial charge on any atom is 0.261 e. The van der Waals surface area contributed by atoms with E-state index in [0.717, 1.165) is 12.2 Å². The van der Waals surface area contributed by atoms with Gasteiger partial charge in [0.05, 0.1) is 29.8 Å². The van der Waals surface area contributed by atoms with Gasteiger partial charge in [0.1, 0.15) is 0 Å². The summed E-state index contributed by atoms with van der Waals surface area (Å²) in [5.41, 5.74) is 1.62. The Morgan fingerprint density at radius 1 is 1.14 bits per heavy atom. The normalized spacial score (nSPS) is 18.4. The highest BCUT2D eigenvalue weighted by Gasteiger charge is 2.29. The molecule has 0 atom stereocenters. The zero-order valence-corrected chi connectivity index (χ0v) is 16.7. The summed E-state index contributed by atoms with van der Waals surface area (Å²) >= 11 is 0. The standard InChI is InChI=1S/C19H22N6O3S/c26-19-16-4-3-15(9-17(16)22-13-24(19)11-14-1-2-14)23-5-7-25(8-6-23)29(27,28)18-10-20-12-21-18/h3-4,9-10,12-14H,1-2,5-8,11H2,(H,20,21). The molecule has 5 rings (SSSR count). The van der Waals surface area contributed by atoms with Crippen LogP contribution in [0.15, 0.2) is 46.9 Å². The molecule has 3 aromatic rings. The van der Waals surface area contributed by atoms with Gasteiger partial charge in [-0.15, -0.1) is 0 Å². The maximum absolute atomic E-state index is 12.7. The summed E-state index contributed by atoms with van der Waals surface area (Å²) in [4.78, 5) is 25.7. The third-order valence-electron chi connectivity index (χ3n) is 5.66. The fourth-order valence-corrected chi connectivity index (χ4v) is 5.08. The van der Waals surface area contributed by atoms with Gasteiger partial charge in [-0.2, -0.15) is 4.31 Å². The van der Waals surface area contributed by atoms with Gasteiger partial charge in [-0.25, -0.2) is 18.4 Å². The fourth-order valence-electron chi connectivity index (χ4n) is 3.76. The van der Waals surface area contributed by atoms with Gasteiger partial charge < -0.3 is 9.88 Å². The molecule has 9 nitrogen and oxygen atoms in total. The number of hydrogen-bond donors (Lipinski definition) is 1. The van der Waals surface area contributed by atoms with Crippen molar-refractivity contribution in [1.29, 1.82) is 0 Å². The van der Waals surface area contributed by atoms with Crippen molar-refractivity contribution in [3.63, 3.8) is 0 Å². The Labute approximate surface area is 168 Å². The van der Waals surface area contributed by atoms with Crippen LogP contribution in [0.2, 0.25) is 0 Å². The van der Waals surface area contributed by atoms with Gasteiger partial charge in [0.2, 0.25) is 0 Å². The van der Waals surface area contributed by atoms with Crippen molar-refractivity contribution < 1.29 is 8.42 Å². The maximum atomic E-state index is 12.7. The molecule has 2 fully saturated rings. The number of nitrogens with one attached hydrogen (secondary N) is 1. The summed E-state index contributed by atoms with van der Waals surface area (Å²) in [6, 6.07) is 5.67. The van der Waals surface area contributed by atoms with Gasteiger partial charge in [-0.1, -0.05) is 0 Å². The van der Waals surface area contributed by atoms with E-state index in [2.05, 4.69) is 19.9 Å². The number of sulfonamides is 1. The van der Waals surface area contributed by atoms with Crippen LogP contribution in [0.4, 0.5) is 5.69 Å². The van der Waals surface area contributed by atoms with Crippen LogP contribution < -0.4 is 10.5 Å². The summed E-state index contributed by atoms with van der Waals surface area (Å²) in [5, 5.41) is 0.737. The number of H-pyrrole nitrogens is 1. The monoisotopic (exact) mass is 414 g/mol. The molecule has 1 aliphatic carbocycles. The first-order valence-electron chi connectivity index (χ1n) is 9.75. The summed E-state index contributed by atoms with van der Waals surface area (Å²) in [7, 11) is -3.54. The van der Waals surface area contributed by atoms with E-state index < -0.39 is 10.0 Å². The molecule has 1 aliphatic heterocycles. The van der Waals surface area contributed by atoms with Gasteiger partial charge in [0, 0.05) is 38.4 Å². The number of piperazine rings is 1. The Morgan fingerprint density at radius 3 is 2.62 bits per heavy atom. The number of fused-ring (bicyclic) bond motifs is 1. The molecule has 1 aromatic carbocycles. The number of nitrogens with zero attached hydrogens (tertiary/aromatic N) is 5. The minimum Gasteiger partial charge on any atom is -0.369 e. The Kier molecular flexibility index (Phi) is 4.39. The van der Waals surface area contributed by atoms with Crippen LogP contribution in [-0.4, -0.2) is 58.4 Å². The Balaban J connectivity index is 1.33. The van der Waals surface area contributed by atoms with Crippen LogP contribution in [0.3, 0.4) is 0 Å². The van der Waals surface area contributed by atoms with Crippen molar-refractivity contribution in [2.24, 2.45) is 5.92 Å². The van der Waals surface area contributed by atoms with Crippen LogP contribution in [0, 0.1) is 5.92 Å². The van der Waals surface area contributed by atoms with Crippen molar-refractivity contribution >= 4 is 26.6 Å². The minimum absolute atomic E-state index is 0.00363. The first-order valence-corrected chi connectivity index (χ1v) is 11.2. The lowest BCUT2D eigenvalue weighted by atomic mass is 10.2. The lowest BCUT2D eigenvalue weighted by Crippen LogP contribution is -2.48. The largest absolute Gasteiger partial charge is 0.369 e. The molecule has 3 heterocycles. The van der Waals surface area contributed by atoms with Crippen LogP contribution in [0.25, 0.3) is 10.9 Å². The Bertz CT molecular complexity index is 1190. The van der Waals surface area contributed by atoms with E-state index in [1.165, 1.54) is 29.7 Å². The second-order valence-corrected chi connectivity index (χ2v) is 9.56. The molecule has 1 saturated carbocycles. The number of aromatic amines is 1. The number of aromatic nitrogens is 4. The molecule has 2 aromatic heterocycles. The van der Waals surface area contributed by atoms with Gasteiger partial charge in [-0.05, 0) is 37.0 Å². The van der Waals surface area contributed by atoms with E-state index in [-0.39, 0.29) is 10.6 Å². The number of benzene rings is 1. The fraction of sp³-hybridized carbons (Fsp3) is 0.421. The average molecular weight is 414 g/mol. The molecule has 0 unspecified atom stereocenters. The minimum atomic E-state index is -3.54. The molecule has 1 N–H and O–H groups in total. The predicted molar refractivity (Wildman–Crippen MR) is 108 cm³/mol. The molecule has 0 bridgehead atoms. The topological polar surface area (TPSA) is 104 Å². The highest BCUT2D eigenvalue weighted by molar-refractivity contribution is 7.89. The summed E-state index contributed by atoms with van der Waals surface area (Å²) in [6.07, 6.45) is 6.70. The summed E-state index contributed by atoms with van der Waals surface area (Å²) in [5.74, 6) is 0.612. The number of hydrogen-bond acceptors (Lipinski definition) is 6. The van der Waals surface area contributed by atoms with Gasteiger partial charge in [-0.3, -0.25) is 9.36 Å². The van der Waals surface area contributed by atoms with Crippen LogP contribution >= 0.6 is 0 Å². The zero-order valence-electron chi connectivity index (χ0n) is 15.9. The summed E-state index contributed by atoms with van der Waals surface area (Å²) < 4.78 is 28.4. The molecule has 152 valence electrons. The molecule has 0 amide bonds. The van der Waals surface area contributed by atoms with Crippen molar-refractivity contribution in [2.75, 3.05) is 31.1 Å². The molecule has 1 saturated heterocycles. The van der Waals surface area contributed by atoms with E-state index >= 15 is 0 Å². The van der Waals surface area contributed by atoms with E-state index in [9.17, 15) is 13.2 Å². The van der Waals surface area contributed by atoms with Crippen LogP contribution in [0.1, 0.15) is 12.8 Å². The second kappa shape index (κ2) is 6.96. The van der Waals surface area contributed by atoms with Gasteiger partial charge >= 0.3 is 0 Å². The first-order chi connectivity index (χ1) is 14.0. The number of imidazole rings is 1. The number of rotatable bonds is 5. The SMILES string of the molecule is O=c1c2ccc(N3CCN(S(=O)(=O)c4cnc[nH]4)CC3)cc2ncn1CC1CC1. The van der Waals surface area contributed by atoms with E-state index in [0.29, 0.717) is 43.0 Å². The van der Waals surface area contributed by atoms with E-state index in [1.54, 1.807) is 10.9 Å². The van der Waals surface area contributed by atoms with Crippen molar-refractivity contribution in [2.45, 2.75) is 24.4 Å². The van der Waals surface area contributed by atoms with Crippen molar-refractivity contribution in [3.05, 3.63) is 47.4 Å². The molecular formula is C19H22N6O3S. The average Bonchev–Trinajstić information content (AvgIpc) is 3.37. The highest BCUT2D eigenvalue weighted by atomic mass is 32.2. The number of anilines is 1. The van der Waals surface area contributed by atoms with Crippen LogP contribution in [-0.2, 0) is 16.6 Å². The third-order valence-corrected chi connectivity index (χ3v) is 7.48. The third kappa shape index (κ3) is 3.42. The second-order valence-electron chi connectivity index (χ2n) is 7.65. The Hall–Kier alpha value is -2.72. The first kappa shape index (κ1) is 18.3. The molecule has 0 spiro atoms. The zero-order chi connectivity index (χ0) is 20.0. The smallest absolute Gasteiger partial charge is 0.261 e. The lowest BCUT2D eigenvalue weighted by Gasteiger charge is -2.35. The predicted octanol–water partition coefficient (Wildman–Crippen LogP) is 1.04. The lowest BCUT2D eigenvalue weighted by molar-refractivity contribution is 0.383. The van der Waals surface area contributed by atoms with Crippen LogP contribution in [0.5, 0.6) is 0 Å². The molecular weight excluding hydrogens is 392 g/mol. The van der Waals surface area contributed by atoms with Crippen molar-refractivity contribution in [1.82, 2.24) is 23.8 Å². The van der Waals surface area contributed by atoms with E-state index in [4.69, 9.17) is 0 Å². The molecule has 10 heteroatoms. The molecule has 29 heavy (non-hydrogen) atoms. The van der Waals surface area contributed by atoms with E-state index in [1.807, 2.05) is 18.2 Å². The molecule has 0 radical (unpaired) electrons. The van der Waals surface area contributed by atoms with Gasteiger partial charge in [0.15, 0.2) is 5.03 Å².